The summed E-state index contributed by atoms with van der Waals surface area (Å²) in [5.74, 6) is -1.03. The standard InChI is InChI=1S/C17H24BrF2NO2Si/c1-17(2,3)24(5,6)23-12-8-10-9(14(12)19)7-11(16(22)21-4)13(18)15(10)20/h7,12,14H,8H2,1-6H3,(H,21,22). The summed E-state index contributed by atoms with van der Waals surface area (Å²) in [5, 5.41) is 2.38. The van der Waals surface area contributed by atoms with Gasteiger partial charge in [0.15, 0.2) is 14.5 Å². The second-order valence-corrected chi connectivity index (χ2v) is 13.3. The number of alkyl halides is 1. The molecule has 0 aromatic heterocycles. The van der Waals surface area contributed by atoms with Gasteiger partial charge in [-0.3, -0.25) is 4.79 Å². The van der Waals surface area contributed by atoms with E-state index < -0.39 is 32.3 Å². The van der Waals surface area contributed by atoms with Gasteiger partial charge in [0.1, 0.15) is 5.82 Å². The molecule has 3 nitrogen and oxygen atoms in total. The maximum absolute atomic E-state index is 14.9. The Bertz CT molecular complexity index is 674. The summed E-state index contributed by atoms with van der Waals surface area (Å²) in [4.78, 5) is 11.9. The van der Waals surface area contributed by atoms with Crippen molar-refractivity contribution in [1.29, 1.82) is 0 Å². The molecule has 2 unspecified atom stereocenters. The number of rotatable bonds is 3. The normalized spacial score (nSPS) is 20.9. The number of fused-ring (bicyclic) bond motifs is 1. The number of halogens is 3. The zero-order valence-electron chi connectivity index (χ0n) is 14.9. The van der Waals surface area contributed by atoms with Crippen molar-refractivity contribution in [2.24, 2.45) is 0 Å². The first-order valence-electron chi connectivity index (χ1n) is 7.95. The van der Waals surface area contributed by atoms with Gasteiger partial charge >= 0.3 is 0 Å². The van der Waals surface area contributed by atoms with E-state index in [2.05, 4.69) is 42.0 Å². The lowest BCUT2D eigenvalue weighted by atomic mass is 10.0. The van der Waals surface area contributed by atoms with Crippen LogP contribution in [0, 0.1) is 5.82 Å². The van der Waals surface area contributed by atoms with Crippen LogP contribution in [0.5, 0.6) is 0 Å². The molecule has 0 saturated carbocycles. The van der Waals surface area contributed by atoms with Crippen molar-refractivity contribution in [3.63, 3.8) is 0 Å². The fraction of sp³-hybridized carbons (Fsp3) is 0.588. The van der Waals surface area contributed by atoms with E-state index in [0.29, 0.717) is 5.56 Å². The van der Waals surface area contributed by atoms with Crippen molar-refractivity contribution >= 4 is 30.2 Å². The number of amides is 1. The molecule has 24 heavy (non-hydrogen) atoms. The average Bonchev–Trinajstić information content (AvgIpc) is 2.77. The second kappa shape index (κ2) is 6.50. The molecule has 0 fully saturated rings. The van der Waals surface area contributed by atoms with Crippen molar-refractivity contribution in [3.8, 4) is 0 Å². The zero-order chi connectivity index (χ0) is 18.4. The van der Waals surface area contributed by atoms with Crippen LogP contribution in [0.25, 0.3) is 0 Å². The predicted molar refractivity (Wildman–Crippen MR) is 97.1 cm³/mol. The minimum Gasteiger partial charge on any atom is -0.410 e. The first kappa shape index (κ1) is 19.5. The highest BCUT2D eigenvalue weighted by Gasteiger charge is 2.45. The first-order chi connectivity index (χ1) is 10.9. The summed E-state index contributed by atoms with van der Waals surface area (Å²) in [5.41, 5.74) is 0.619. The van der Waals surface area contributed by atoms with Crippen molar-refractivity contribution in [1.82, 2.24) is 5.32 Å². The molecule has 0 saturated heterocycles. The van der Waals surface area contributed by atoms with Crippen molar-refractivity contribution in [2.45, 2.75) is 57.6 Å². The van der Waals surface area contributed by atoms with Gasteiger partial charge in [-0.15, -0.1) is 0 Å². The smallest absolute Gasteiger partial charge is 0.252 e. The lowest BCUT2D eigenvalue weighted by molar-refractivity contribution is 0.0958. The first-order valence-corrected chi connectivity index (χ1v) is 11.7. The van der Waals surface area contributed by atoms with E-state index in [4.69, 9.17) is 4.43 Å². The van der Waals surface area contributed by atoms with Crippen LogP contribution in [0.15, 0.2) is 10.5 Å². The van der Waals surface area contributed by atoms with Crippen LogP contribution in [0.4, 0.5) is 8.78 Å². The van der Waals surface area contributed by atoms with Gasteiger partial charge in [0.25, 0.3) is 5.91 Å². The lowest BCUT2D eigenvalue weighted by Crippen LogP contribution is -2.44. The molecule has 7 heteroatoms. The van der Waals surface area contributed by atoms with E-state index in [1.165, 1.54) is 13.1 Å². The van der Waals surface area contributed by atoms with Gasteiger partial charge in [-0.1, -0.05) is 20.8 Å². The van der Waals surface area contributed by atoms with Gasteiger partial charge in [0, 0.05) is 13.5 Å². The molecule has 0 radical (unpaired) electrons. The highest BCUT2D eigenvalue weighted by Crippen LogP contribution is 2.45. The van der Waals surface area contributed by atoms with Gasteiger partial charge in [0.05, 0.1) is 16.1 Å². The Morgan fingerprint density at radius 1 is 1.42 bits per heavy atom. The molecule has 1 amide bonds. The SMILES string of the molecule is CNC(=O)c1cc2c(c(F)c1Br)CC(O[Si](C)(C)C(C)(C)C)C2F. The number of hydrogen-bond donors (Lipinski definition) is 1. The van der Waals surface area contributed by atoms with Gasteiger partial charge in [-0.25, -0.2) is 8.78 Å². The zero-order valence-corrected chi connectivity index (χ0v) is 17.5. The number of benzene rings is 1. The average molecular weight is 420 g/mol. The van der Waals surface area contributed by atoms with E-state index in [0.717, 1.165) is 0 Å². The molecule has 0 heterocycles. The molecule has 1 N–H and O–H groups in total. The summed E-state index contributed by atoms with van der Waals surface area (Å²) >= 11 is 3.12. The predicted octanol–water partition coefficient (Wildman–Crippen LogP) is 4.90. The summed E-state index contributed by atoms with van der Waals surface area (Å²) in [7, 11) is -0.723. The summed E-state index contributed by atoms with van der Waals surface area (Å²) < 4.78 is 35.8. The Balaban J connectivity index is 2.39. The van der Waals surface area contributed by atoms with E-state index in [1.807, 2.05) is 13.1 Å². The molecular weight excluding hydrogens is 396 g/mol. The Hall–Kier alpha value is -0.793. The summed E-state index contributed by atoms with van der Waals surface area (Å²) in [6.45, 7) is 10.3. The van der Waals surface area contributed by atoms with E-state index >= 15 is 0 Å². The van der Waals surface area contributed by atoms with E-state index in [9.17, 15) is 13.6 Å². The van der Waals surface area contributed by atoms with Crippen LogP contribution in [0.2, 0.25) is 18.1 Å². The molecular formula is C17H24BrF2NO2Si. The van der Waals surface area contributed by atoms with E-state index in [1.54, 1.807) is 0 Å². The van der Waals surface area contributed by atoms with Crippen LogP contribution >= 0.6 is 15.9 Å². The Kier molecular flexibility index (Phi) is 5.29. The Morgan fingerprint density at radius 3 is 2.50 bits per heavy atom. The van der Waals surface area contributed by atoms with Crippen LogP contribution in [0.3, 0.4) is 0 Å². The fourth-order valence-electron chi connectivity index (χ4n) is 2.60. The van der Waals surface area contributed by atoms with Gasteiger partial charge in [-0.05, 0) is 51.3 Å². The molecule has 1 aliphatic rings. The van der Waals surface area contributed by atoms with Gasteiger partial charge in [0.2, 0.25) is 0 Å². The lowest BCUT2D eigenvalue weighted by Gasteiger charge is -2.38. The van der Waals surface area contributed by atoms with Crippen molar-refractivity contribution in [3.05, 3.63) is 33.0 Å². The minimum atomic E-state index is -2.18. The quantitative estimate of drug-likeness (QED) is 0.706. The van der Waals surface area contributed by atoms with Gasteiger partial charge in [-0.2, -0.15) is 0 Å². The highest BCUT2D eigenvalue weighted by molar-refractivity contribution is 9.10. The molecule has 0 bridgehead atoms. The number of nitrogens with one attached hydrogen (secondary N) is 1. The van der Waals surface area contributed by atoms with Crippen LogP contribution < -0.4 is 5.32 Å². The number of carbonyl (C=O) groups is 1. The van der Waals surface area contributed by atoms with Crippen LogP contribution in [-0.4, -0.2) is 27.4 Å². The maximum atomic E-state index is 14.9. The monoisotopic (exact) mass is 419 g/mol. The highest BCUT2D eigenvalue weighted by atomic mass is 79.9. The Morgan fingerprint density at radius 2 is 2.00 bits per heavy atom. The van der Waals surface area contributed by atoms with Crippen LogP contribution in [-0.2, 0) is 10.8 Å². The third-order valence-corrected chi connectivity index (χ3v) is 10.4. The van der Waals surface area contributed by atoms with Crippen LogP contribution in [0.1, 0.15) is 48.4 Å². The summed E-state index contributed by atoms with van der Waals surface area (Å²) in [6, 6.07) is 1.43. The molecule has 134 valence electrons. The second-order valence-electron chi connectivity index (χ2n) is 7.72. The third kappa shape index (κ3) is 3.30. The molecule has 1 aromatic rings. The largest absolute Gasteiger partial charge is 0.410 e. The molecule has 2 atom stereocenters. The molecule has 2 rings (SSSR count). The fourth-order valence-corrected chi connectivity index (χ4v) is 4.45. The van der Waals surface area contributed by atoms with Crippen molar-refractivity contribution in [2.75, 3.05) is 7.05 Å². The van der Waals surface area contributed by atoms with Crippen molar-refractivity contribution < 1.29 is 18.0 Å². The topological polar surface area (TPSA) is 38.3 Å². The molecule has 1 aliphatic carbocycles. The molecule has 1 aromatic carbocycles. The van der Waals surface area contributed by atoms with E-state index in [-0.39, 0.29) is 27.1 Å². The Labute approximate surface area is 151 Å². The molecule has 0 spiro atoms. The van der Waals surface area contributed by atoms with Gasteiger partial charge < -0.3 is 9.74 Å². The number of hydrogen-bond acceptors (Lipinski definition) is 2. The summed E-state index contributed by atoms with van der Waals surface area (Å²) in [6.07, 6.45) is -1.95. The number of carbonyl (C=O) groups excluding carboxylic acids is 1. The third-order valence-electron chi connectivity index (χ3n) is 5.10. The maximum Gasteiger partial charge on any atom is 0.252 e. The minimum absolute atomic E-state index is 0.0616. The molecule has 0 aliphatic heterocycles.